The minimum absolute atomic E-state index is 0.00416. The molecule has 0 atom stereocenters. The van der Waals surface area contributed by atoms with Gasteiger partial charge in [0.25, 0.3) is 5.56 Å². The van der Waals surface area contributed by atoms with Crippen molar-refractivity contribution in [2.75, 3.05) is 6.54 Å². The highest BCUT2D eigenvalue weighted by Gasteiger charge is 2.25. The molecular formula is C18H21N3O3. The van der Waals surface area contributed by atoms with Crippen LogP contribution in [0.5, 0.6) is 11.5 Å². The van der Waals surface area contributed by atoms with Gasteiger partial charge in [-0.25, -0.2) is 4.98 Å². The number of para-hydroxylation sites is 1. The summed E-state index contributed by atoms with van der Waals surface area (Å²) < 4.78 is 0. The van der Waals surface area contributed by atoms with Crippen molar-refractivity contribution in [2.45, 2.75) is 38.8 Å². The van der Waals surface area contributed by atoms with Crippen molar-refractivity contribution in [2.24, 2.45) is 5.92 Å². The first-order valence-corrected chi connectivity index (χ1v) is 8.43. The van der Waals surface area contributed by atoms with Crippen LogP contribution in [-0.2, 0) is 25.9 Å². The van der Waals surface area contributed by atoms with E-state index in [-0.39, 0.29) is 17.1 Å². The van der Waals surface area contributed by atoms with Crippen molar-refractivity contribution in [3.63, 3.8) is 0 Å². The topological polar surface area (TPSA) is 89.5 Å². The van der Waals surface area contributed by atoms with Gasteiger partial charge in [0.05, 0.1) is 5.69 Å². The molecule has 0 bridgehead atoms. The highest BCUT2D eigenvalue weighted by atomic mass is 16.3. The van der Waals surface area contributed by atoms with Crippen LogP contribution in [0.1, 0.15) is 35.5 Å². The summed E-state index contributed by atoms with van der Waals surface area (Å²) in [6, 6.07) is 4.99. The first kappa shape index (κ1) is 15.2. The second kappa shape index (κ2) is 5.94. The van der Waals surface area contributed by atoms with Crippen LogP contribution in [0.25, 0.3) is 0 Å². The Labute approximate surface area is 139 Å². The molecule has 0 spiro atoms. The van der Waals surface area contributed by atoms with Gasteiger partial charge in [0.15, 0.2) is 11.5 Å². The smallest absolute Gasteiger partial charge is 0.254 e. The number of H-pyrrole nitrogens is 1. The Bertz CT molecular complexity index is 827. The number of phenolic OH excluding ortho intramolecular Hbond substituents is 2. The Morgan fingerprint density at radius 3 is 2.92 bits per heavy atom. The van der Waals surface area contributed by atoms with E-state index < -0.39 is 0 Å². The summed E-state index contributed by atoms with van der Waals surface area (Å²) in [7, 11) is 0. The highest BCUT2D eigenvalue weighted by Crippen LogP contribution is 2.32. The predicted molar refractivity (Wildman–Crippen MR) is 88.9 cm³/mol. The molecule has 0 radical (unpaired) electrons. The predicted octanol–water partition coefficient (Wildman–Crippen LogP) is 1.69. The van der Waals surface area contributed by atoms with Gasteiger partial charge in [0, 0.05) is 37.2 Å². The lowest BCUT2D eigenvalue weighted by Crippen LogP contribution is -2.35. The van der Waals surface area contributed by atoms with Gasteiger partial charge in [-0.15, -0.1) is 0 Å². The second-order valence-electron chi connectivity index (χ2n) is 6.83. The number of hydrogen-bond donors (Lipinski definition) is 3. The zero-order chi connectivity index (χ0) is 16.7. The van der Waals surface area contributed by atoms with Crippen LogP contribution >= 0.6 is 0 Å². The Balaban J connectivity index is 1.55. The maximum atomic E-state index is 12.3. The number of fused-ring (bicyclic) bond motifs is 1. The fourth-order valence-electron chi connectivity index (χ4n) is 3.32. The van der Waals surface area contributed by atoms with Gasteiger partial charge in [-0.2, -0.15) is 0 Å². The van der Waals surface area contributed by atoms with Gasteiger partial charge in [0.1, 0.15) is 5.82 Å². The molecule has 0 unspecified atom stereocenters. The van der Waals surface area contributed by atoms with Gasteiger partial charge >= 0.3 is 0 Å². The minimum atomic E-state index is -0.105. The molecule has 4 rings (SSSR count). The number of hydrogen-bond acceptors (Lipinski definition) is 5. The molecule has 2 aliphatic rings. The van der Waals surface area contributed by atoms with E-state index >= 15 is 0 Å². The van der Waals surface area contributed by atoms with Gasteiger partial charge in [0.2, 0.25) is 0 Å². The fraction of sp³-hybridized carbons (Fsp3) is 0.444. The van der Waals surface area contributed by atoms with Gasteiger partial charge < -0.3 is 15.2 Å². The summed E-state index contributed by atoms with van der Waals surface area (Å²) in [5.74, 6) is 1.29. The maximum absolute atomic E-state index is 12.3. The highest BCUT2D eigenvalue weighted by molar-refractivity contribution is 5.44. The van der Waals surface area contributed by atoms with Crippen LogP contribution in [0.15, 0.2) is 23.0 Å². The van der Waals surface area contributed by atoms with Crippen molar-refractivity contribution in [3.05, 3.63) is 51.2 Å². The van der Waals surface area contributed by atoms with E-state index in [9.17, 15) is 15.0 Å². The number of aromatic nitrogens is 2. The molecular weight excluding hydrogens is 306 g/mol. The van der Waals surface area contributed by atoms with Crippen LogP contribution in [0, 0.1) is 5.92 Å². The SMILES string of the molecule is O=c1[nH]c(CC2CC2)nc2c1CCN(Cc1cccc(O)c1O)C2. The molecule has 1 aliphatic carbocycles. The van der Waals surface area contributed by atoms with Crippen LogP contribution in [0.4, 0.5) is 0 Å². The van der Waals surface area contributed by atoms with Crippen molar-refractivity contribution < 1.29 is 10.2 Å². The number of aromatic amines is 1. The zero-order valence-electron chi connectivity index (χ0n) is 13.5. The molecule has 126 valence electrons. The Kier molecular flexibility index (Phi) is 3.76. The van der Waals surface area contributed by atoms with E-state index in [1.807, 2.05) is 0 Å². The number of phenols is 2. The summed E-state index contributed by atoms with van der Waals surface area (Å²) in [4.78, 5) is 22.0. The Hall–Kier alpha value is -2.34. The van der Waals surface area contributed by atoms with E-state index in [2.05, 4.69) is 14.9 Å². The summed E-state index contributed by atoms with van der Waals surface area (Å²) in [5, 5.41) is 19.6. The molecule has 0 amide bonds. The second-order valence-corrected chi connectivity index (χ2v) is 6.83. The number of nitrogens with zero attached hydrogens (tertiary/aromatic N) is 2. The molecule has 24 heavy (non-hydrogen) atoms. The molecule has 6 heteroatoms. The third-order valence-corrected chi connectivity index (χ3v) is 4.87. The lowest BCUT2D eigenvalue weighted by atomic mass is 10.0. The molecule has 2 aromatic rings. The molecule has 1 aliphatic heterocycles. The van der Waals surface area contributed by atoms with E-state index in [0.717, 1.165) is 30.0 Å². The molecule has 1 aromatic heterocycles. The lowest BCUT2D eigenvalue weighted by molar-refractivity contribution is 0.236. The average molecular weight is 327 g/mol. The molecule has 6 nitrogen and oxygen atoms in total. The lowest BCUT2D eigenvalue weighted by Gasteiger charge is -2.28. The minimum Gasteiger partial charge on any atom is -0.504 e. The van der Waals surface area contributed by atoms with Crippen molar-refractivity contribution in [3.8, 4) is 11.5 Å². The first-order valence-electron chi connectivity index (χ1n) is 8.43. The van der Waals surface area contributed by atoms with Gasteiger partial charge in [-0.05, 0) is 31.2 Å². The maximum Gasteiger partial charge on any atom is 0.254 e. The number of aromatic hydroxyl groups is 2. The zero-order valence-corrected chi connectivity index (χ0v) is 13.5. The molecule has 0 saturated heterocycles. The van der Waals surface area contributed by atoms with Crippen molar-refractivity contribution in [1.29, 1.82) is 0 Å². The van der Waals surface area contributed by atoms with Gasteiger partial charge in [-0.1, -0.05) is 12.1 Å². The number of benzene rings is 1. The third-order valence-electron chi connectivity index (χ3n) is 4.87. The number of nitrogens with one attached hydrogen (secondary N) is 1. The standard InChI is InChI=1S/C18H21N3O3/c22-15-3-1-2-12(17(15)23)9-21-7-6-13-14(10-21)19-16(20-18(13)24)8-11-4-5-11/h1-3,11,22-23H,4-10H2,(H,19,20,24). The molecule has 2 heterocycles. The molecule has 1 fully saturated rings. The summed E-state index contributed by atoms with van der Waals surface area (Å²) in [6.07, 6.45) is 3.96. The summed E-state index contributed by atoms with van der Waals surface area (Å²) in [5.41, 5.74) is 2.31. The fourth-order valence-corrected chi connectivity index (χ4v) is 3.32. The Morgan fingerprint density at radius 2 is 2.12 bits per heavy atom. The van der Waals surface area contributed by atoms with E-state index in [0.29, 0.717) is 31.0 Å². The van der Waals surface area contributed by atoms with Gasteiger partial charge in [-0.3, -0.25) is 9.69 Å². The first-order chi connectivity index (χ1) is 11.6. The third kappa shape index (κ3) is 3.01. The van der Waals surface area contributed by atoms with E-state index in [4.69, 9.17) is 0 Å². The Morgan fingerprint density at radius 1 is 1.29 bits per heavy atom. The number of rotatable bonds is 4. The van der Waals surface area contributed by atoms with Crippen molar-refractivity contribution in [1.82, 2.24) is 14.9 Å². The van der Waals surface area contributed by atoms with E-state index in [1.54, 1.807) is 12.1 Å². The van der Waals surface area contributed by atoms with Crippen LogP contribution < -0.4 is 5.56 Å². The van der Waals surface area contributed by atoms with Crippen LogP contribution in [0.3, 0.4) is 0 Å². The van der Waals surface area contributed by atoms with Crippen LogP contribution in [-0.4, -0.2) is 31.6 Å². The van der Waals surface area contributed by atoms with Crippen LogP contribution in [0.2, 0.25) is 0 Å². The van der Waals surface area contributed by atoms with Crippen molar-refractivity contribution >= 4 is 0 Å². The monoisotopic (exact) mass is 327 g/mol. The normalized spacial score (nSPS) is 17.7. The molecule has 3 N–H and O–H groups in total. The quantitative estimate of drug-likeness (QED) is 0.744. The largest absolute Gasteiger partial charge is 0.504 e. The average Bonchev–Trinajstić information content (AvgIpc) is 3.35. The molecule has 1 saturated carbocycles. The molecule has 1 aromatic carbocycles. The summed E-state index contributed by atoms with van der Waals surface area (Å²) in [6.45, 7) is 1.84. The summed E-state index contributed by atoms with van der Waals surface area (Å²) >= 11 is 0. The van der Waals surface area contributed by atoms with E-state index in [1.165, 1.54) is 18.9 Å².